The van der Waals surface area contributed by atoms with Crippen molar-refractivity contribution >= 4 is 17.6 Å². The minimum absolute atomic E-state index is 0.473. The number of nitrogens with one attached hydrogen (secondary N) is 1. The summed E-state index contributed by atoms with van der Waals surface area (Å²) in [5.41, 5.74) is 0.638. The zero-order chi connectivity index (χ0) is 12.1. The molecule has 3 nitrogen and oxygen atoms in total. The van der Waals surface area contributed by atoms with E-state index >= 15 is 0 Å². The Hall–Kier alpha value is -1.21. The van der Waals surface area contributed by atoms with Crippen molar-refractivity contribution in [2.45, 2.75) is 37.0 Å². The van der Waals surface area contributed by atoms with E-state index in [4.69, 9.17) is 5.26 Å². The van der Waals surface area contributed by atoms with Gasteiger partial charge >= 0.3 is 0 Å². The number of rotatable bonds is 3. The van der Waals surface area contributed by atoms with Gasteiger partial charge in [0.15, 0.2) is 0 Å². The second kappa shape index (κ2) is 5.92. The Morgan fingerprint density at radius 2 is 2.18 bits per heavy atom. The van der Waals surface area contributed by atoms with Gasteiger partial charge in [-0.3, -0.25) is 0 Å². The number of nitrogens with zero attached hydrogens (tertiary/aromatic N) is 2. The van der Waals surface area contributed by atoms with Crippen molar-refractivity contribution in [3.8, 4) is 6.07 Å². The number of hydrogen-bond donors (Lipinski definition) is 1. The highest BCUT2D eigenvalue weighted by atomic mass is 32.2. The molecule has 0 saturated heterocycles. The van der Waals surface area contributed by atoms with E-state index in [1.165, 1.54) is 25.7 Å². The molecule has 1 aliphatic carbocycles. The van der Waals surface area contributed by atoms with Gasteiger partial charge in [0, 0.05) is 17.5 Å². The van der Waals surface area contributed by atoms with E-state index in [-0.39, 0.29) is 0 Å². The Morgan fingerprint density at radius 3 is 2.82 bits per heavy atom. The molecule has 0 aliphatic heterocycles. The molecule has 0 aromatic carbocycles. The first-order valence-corrected chi connectivity index (χ1v) is 7.26. The second-order valence-electron chi connectivity index (χ2n) is 4.37. The number of nitriles is 1. The molecule has 1 heterocycles. The predicted molar refractivity (Wildman–Crippen MR) is 72.1 cm³/mol. The Bertz CT molecular complexity index is 405. The van der Waals surface area contributed by atoms with Crippen LogP contribution in [-0.2, 0) is 0 Å². The maximum atomic E-state index is 8.99. The SMILES string of the molecule is CSC1CCC(Nc2ncccc2C#N)CC1. The highest BCUT2D eigenvalue weighted by molar-refractivity contribution is 7.99. The zero-order valence-corrected chi connectivity index (χ0v) is 10.8. The summed E-state index contributed by atoms with van der Waals surface area (Å²) >= 11 is 1.97. The first-order chi connectivity index (χ1) is 8.33. The highest BCUT2D eigenvalue weighted by Gasteiger charge is 2.21. The second-order valence-corrected chi connectivity index (χ2v) is 5.50. The lowest BCUT2D eigenvalue weighted by molar-refractivity contribution is 0.472. The zero-order valence-electron chi connectivity index (χ0n) is 10.0. The van der Waals surface area contributed by atoms with Gasteiger partial charge in [-0.15, -0.1) is 0 Å². The van der Waals surface area contributed by atoms with E-state index < -0.39 is 0 Å². The fraction of sp³-hybridized carbons (Fsp3) is 0.538. The van der Waals surface area contributed by atoms with Crippen LogP contribution < -0.4 is 5.32 Å². The maximum absolute atomic E-state index is 8.99. The largest absolute Gasteiger partial charge is 0.366 e. The summed E-state index contributed by atoms with van der Waals surface area (Å²) in [4.78, 5) is 4.24. The summed E-state index contributed by atoms with van der Waals surface area (Å²) in [5, 5.41) is 13.2. The number of thioether (sulfide) groups is 1. The fourth-order valence-corrected chi connectivity index (χ4v) is 2.99. The van der Waals surface area contributed by atoms with E-state index in [9.17, 15) is 0 Å². The lowest BCUT2D eigenvalue weighted by atomic mass is 9.95. The van der Waals surface area contributed by atoms with Crippen LogP contribution in [0.25, 0.3) is 0 Å². The molecule has 0 amide bonds. The Balaban J connectivity index is 1.96. The molecule has 2 rings (SSSR count). The third-order valence-electron chi connectivity index (χ3n) is 3.28. The standard InChI is InChI=1S/C13H17N3S/c1-17-12-6-4-11(5-7-12)16-13-10(9-14)3-2-8-15-13/h2-3,8,11-12H,4-7H2,1H3,(H,15,16). The molecule has 0 radical (unpaired) electrons. The van der Waals surface area contributed by atoms with E-state index in [1.807, 2.05) is 17.8 Å². The quantitative estimate of drug-likeness (QED) is 0.892. The molecule has 1 aliphatic rings. The minimum Gasteiger partial charge on any atom is -0.366 e. The lowest BCUT2D eigenvalue weighted by Gasteiger charge is -2.28. The number of aromatic nitrogens is 1. The van der Waals surface area contributed by atoms with Gasteiger partial charge in [-0.2, -0.15) is 17.0 Å². The van der Waals surface area contributed by atoms with Gasteiger partial charge in [0.25, 0.3) is 0 Å². The molecular formula is C13H17N3S. The summed E-state index contributed by atoms with van der Waals surface area (Å²) in [6.07, 6.45) is 8.78. The topological polar surface area (TPSA) is 48.7 Å². The molecule has 0 bridgehead atoms. The summed E-state index contributed by atoms with van der Waals surface area (Å²) in [6, 6.07) is 6.26. The molecule has 1 aromatic heterocycles. The monoisotopic (exact) mass is 247 g/mol. The fourth-order valence-electron chi connectivity index (χ4n) is 2.25. The smallest absolute Gasteiger partial charge is 0.144 e. The number of anilines is 1. The molecule has 4 heteroatoms. The predicted octanol–water partition coefficient (Wildman–Crippen LogP) is 3.04. The van der Waals surface area contributed by atoms with Crippen molar-refractivity contribution in [3.63, 3.8) is 0 Å². The summed E-state index contributed by atoms with van der Waals surface area (Å²) in [6.45, 7) is 0. The normalized spacial score (nSPS) is 24.0. The van der Waals surface area contributed by atoms with E-state index in [0.29, 0.717) is 11.6 Å². The number of pyridine rings is 1. The third-order valence-corrected chi connectivity index (χ3v) is 4.41. The van der Waals surface area contributed by atoms with Crippen molar-refractivity contribution in [3.05, 3.63) is 23.9 Å². The van der Waals surface area contributed by atoms with Gasteiger partial charge in [-0.25, -0.2) is 4.98 Å². The van der Waals surface area contributed by atoms with Crippen LogP contribution in [0.2, 0.25) is 0 Å². The molecule has 1 N–H and O–H groups in total. The van der Waals surface area contributed by atoms with Gasteiger partial charge in [-0.1, -0.05) is 0 Å². The van der Waals surface area contributed by atoms with Gasteiger partial charge in [0.05, 0.1) is 5.56 Å². The Morgan fingerprint density at radius 1 is 1.41 bits per heavy atom. The molecule has 1 fully saturated rings. The summed E-state index contributed by atoms with van der Waals surface area (Å²) in [5.74, 6) is 0.739. The van der Waals surface area contributed by atoms with E-state index in [2.05, 4.69) is 22.6 Å². The molecule has 17 heavy (non-hydrogen) atoms. The average Bonchev–Trinajstić information content (AvgIpc) is 2.40. The maximum Gasteiger partial charge on any atom is 0.144 e. The van der Waals surface area contributed by atoms with Gasteiger partial charge < -0.3 is 5.32 Å². The molecule has 1 aromatic rings. The van der Waals surface area contributed by atoms with Crippen LogP contribution in [0.3, 0.4) is 0 Å². The van der Waals surface area contributed by atoms with Crippen molar-refractivity contribution in [2.24, 2.45) is 0 Å². The van der Waals surface area contributed by atoms with Crippen molar-refractivity contribution in [2.75, 3.05) is 11.6 Å². The summed E-state index contributed by atoms with van der Waals surface area (Å²) < 4.78 is 0. The van der Waals surface area contributed by atoms with E-state index in [1.54, 1.807) is 12.3 Å². The molecule has 0 spiro atoms. The first kappa shape index (κ1) is 12.3. The highest BCUT2D eigenvalue weighted by Crippen LogP contribution is 2.28. The average molecular weight is 247 g/mol. The van der Waals surface area contributed by atoms with Gasteiger partial charge in [0.1, 0.15) is 11.9 Å². The summed E-state index contributed by atoms with van der Waals surface area (Å²) in [7, 11) is 0. The molecule has 90 valence electrons. The van der Waals surface area contributed by atoms with Gasteiger partial charge in [0.2, 0.25) is 0 Å². The first-order valence-electron chi connectivity index (χ1n) is 5.98. The minimum atomic E-state index is 0.473. The van der Waals surface area contributed by atoms with Crippen LogP contribution in [0.1, 0.15) is 31.2 Å². The molecular weight excluding hydrogens is 230 g/mol. The van der Waals surface area contributed by atoms with Crippen molar-refractivity contribution < 1.29 is 0 Å². The van der Waals surface area contributed by atoms with Crippen LogP contribution >= 0.6 is 11.8 Å². The van der Waals surface area contributed by atoms with Crippen molar-refractivity contribution in [1.82, 2.24) is 4.98 Å². The Labute approximate surface area is 107 Å². The van der Waals surface area contributed by atoms with Crippen LogP contribution in [0.15, 0.2) is 18.3 Å². The third kappa shape index (κ3) is 3.13. The van der Waals surface area contributed by atoms with E-state index in [0.717, 1.165) is 11.1 Å². The van der Waals surface area contributed by atoms with Crippen LogP contribution in [0.4, 0.5) is 5.82 Å². The van der Waals surface area contributed by atoms with Crippen molar-refractivity contribution in [1.29, 1.82) is 5.26 Å². The lowest BCUT2D eigenvalue weighted by Crippen LogP contribution is -2.27. The van der Waals surface area contributed by atoms with Gasteiger partial charge in [-0.05, 0) is 44.1 Å². The Kier molecular flexibility index (Phi) is 4.27. The van der Waals surface area contributed by atoms with Crippen LogP contribution in [0, 0.1) is 11.3 Å². The molecule has 1 saturated carbocycles. The molecule has 0 atom stereocenters. The van der Waals surface area contributed by atoms with Crippen LogP contribution in [-0.4, -0.2) is 22.5 Å². The molecule has 0 unspecified atom stereocenters. The number of hydrogen-bond acceptors (Lipinski definition) is 4. The van der Waals surface area contributed by atoms with Crippen LogP contribution in [0.5, 0.6) is 0 Å².